The number of aliphatic imine (C=N–C) groups is 1. The molecule has 0 bridgehead atoms. The quantitative estimate of drug-likeness (QED) is 0.824. The van der Waals surface area contributed by atoms with Crippen molar-refractivity contribution in [3.8, 4) is 11.5 Å². The van der Waals surface area contributed by atoms with E-state index in [1.807, 2.05) is 0 Å². The van der Waals surface area contributed by atoms with Gasteiger partial charge < -0.3 is 19.7 Å². The van der Waals surface area contributed by atoms with Crippen molar-refractivity contribution in [1.29, 1.82) is 0 Å². The Bertz CT molecular complexity index is 751. The van der Waals surface area contributed by atoms with E-state index in [1.54, 1.807) is 18.2 Å². The molecule has 0 radical (unpaired) electrons. The van der Waals surface area contributed by atoms with Crippen molar-refractivity contribution < 1.29 is 24.5 Å². The first kappa shape index (κ1) is 15.0. The first-order chi connectivity index (χ1) is 11.0. The van der Waals surface area contributed by atoms with Gasteiger partial charge in [-0.05, 0) is 18.2 Å². The van der Waals surface area contributed by atoms with Gasteiger partial charge in [-0.25, -0.2) is 0 Å². The zero-order valence-electron chi connectivity index (χ0n) is 12.7. The van der Waals surface area contributed by atoms with Crippen LogP contribution in [0.15, 0.2) is 47.0 Å². The number of phenolic OH excluding ortho intramolecular Hbond substituents is 2. The highest BCUT2D eigenvalue weighted by Crippen LogP contribution is 2.30. The number of nitrogens with zero attached hydrogens (tertiary/aromatic N) is 2. The summed E-state index contributed by atoms with van der Waals surface area (Å²) >= 11 is 0. The standard InChI is InChI=1S/C16H16N2O5/c1-22-10-6-14-17-11(9-3-4-12(19)13(20)5-9)8-15(21)18(14)16(7-10)23-2/h3-7,14,19-20H,8H2,1-2H3. The molecule has 1 aromatic rings. The molecule has 0 fully saturated rings. The van der Waals surface area contributed by atoms with Gasteiger partial charge in [0.15, 0.2) is 17.7 Å². The van der Waals surface area contributed by atoms with Crippen LogP contribution in [0.25, 0.3) is 0 Å². The van der Waals surface area contributed by atoms with E-state index in [0.29, 0.717) is 22.9 Å². The highest BCUT2D eigenvalue weighted by Gasteiger charge is 2.35. The minimum Gasteiger partial charge on any atom is -0.504 e. The molecule has 0 saturated heterocycles. The Morgan fingerprint density at radius 2 is 2.00 bits per heavy atom. The number of carbonyl (C=O) groups is 1. The molecule has 1 amide bonds. The number of hydrogen-bond acceptors (Lipinski definition) is 6. The predicted molar refractivity (Wildman–Crippen MR) is 81.7 cm³/mol. The van der Waals surface area contributed by atoms with E-state index < -0.39 is 6.17 Å². The van der Waals surface area contributed by atoms with Crippen LogP contribution in [0.1, 0.15) is 12.0 Å². The summed E-state index contributed by atoms with van der Waals surface area (Å²) < 4.78 is 10.4. The number of allylic oxidation sites excluding steroid dienone is 1. The maximum atomic E-state index is 12.5. The molecule has 3 rings (SSSR count). The highest BCUT2D eigenvalue weighted by molar-refractivity contribution is 6.12. The third kappa shape index (κ3) is 2.61. The van der Waals surface area contributed by atoms with Gasteiger partial charge in [0.25, 0.3) is 0 Å². The van der Waals surface area contributed by atoms with Gasteiger partial charge in [0.2, 0.25) is 11.8 Å². The molecule has 1 unspecified atom stereocenters. The number of aromatic hydroxyl groups is 2. The molecule has 7 nitrogen and oxygen atoms in total. The van der Waals surface area contributed by atoms with Crippen LogP contribution in [0.5, 0.6) is 11.5 Å². The second kappa shape index (κ2) is 5.68. The summed E-state index contributed by atoms with van der Waals surface area (Å²) in [6.07, 6.45) is 2.83. The number of hydrogen-bond donors (Lipinski definition) is 2. The lowest BCUT2D eigenvalue weighted by molar-refractivity contribution is -0.132. The molecule has 120 valence electrons. The van der Waals surface area contributed by atoms with Crippen LogP contribution >= 0.6 is 0 Å². The van der Waals surface area contributed by atoms with E-state index in [2.05, 4.69) is 4.99 Å². The highest BCUT2D eigenvalue weighted by atomic mass is 16.5. The minimum absolute atomic E-state index is 0.0670. The summed E-state index contributed by atoms with van der Waals surface area (Å²) in [5.41, 5.74) is 1.10. The van der Waals surface area contributed by atoms with Gasteiger partial charge >= 0.3 is 0 Å². The van der Waals surface area contributed by atoms with Crippen molar-refractivity contribution in [3.63, 3.8) is 0 Å². The first-order valence-electron chi connectivity index (χ1n) is 6.96. The summed E-state index contributed by atoms with van der Waals surface area (Å²) in [5.74, 6) is 0.272. The maximum Gasteiger partial charge on any atom is 0.237 e. The lowest BCUT2D eigenvalue weighted by Crippen LogP contribution is -2.44. The molecule has 0 saturated carbocycles. The number of methoxy groups -OCH3 is 2. The number of amides is 1. The Labute approximate surface area is 132 Å². The fourth-order valence-corrected chi connectivity index (χ4v) is 2.55. The smallest absolute Gasteiger partial charge is 0.237 e. The van der Waals surface area contributed by atoms with Gasteiger partial charge in [0.05, 0.1) is 26.4 Å². The normalized spacial score (nSPS) is 20.3. The Kier molecular flexibility index (Phi) is 3.69. The van der Waals surface area contributed by atoms with Crippen LogP contribution in [-0.4, -0.2) is 47.1 Å². The van der Waals surface area contributed by atoms with Gasteiger partial charge in [-0.3, -0.25) is 14.7 Å². The van der Waals surface area contributed by atoms with Gasteiger partial charge in [0, 0.05) is 17.7 Å². The number of carbonyl (C=O) groups excluding carboxylic acids is 1. The van der Waals surface area contributed by atoms with Gasteiger partial charge in [-0.2, -0.15) is 0 Å². The van der Waals surface area contributed by atoms with E-state index in [1.165, 1.54) is 31.3 Å². The fraction of sp³-hybridized carbons (Fsp3) is 0.250. The number of fused-ring (bicyclic) bond motifs is 1. The third-order valence-corrected chi connectivity index (χ3v) is 3.71. The summed E-state index contributed by atoms with van der Waals surface area (Å²) in [6.45, 7) is 0. The minimum atomic E-state index is -0.572. The van der Waals surface area contributed by atoms with Crippen molar-refractivity contribution in [1.82, 2.24) is 4.90 Å². The van der Waals surface area contributed by atoms with Gasteiger partial charge in [-0.1, -0.05) is 0 Å². The summed E-state index contributed by atoms with van der Waals surface area (Å²) in [7, 11) is 3.00. The third-order valence-electron chi connectivity index (χ3n) is 3.71. The van der Waals surface area contributed by atoms with Crippen LogP contribution in [0.3, 0.4) is 0 Å². The van der Waals surface area contributed by atoms with Crippen molar-refractivity contribution >= 4 is 11.6 Å². The Morgan fingerprint density at radius 1 is 1.22 bits per heavy atom. The van der Waals surface area contributed by atoms with Crippen LogP contribution in [0.2, 0.25) is 0 Å². The second-order valence-electron chi connectivity index (χ2n) is 5.09. The monoisotopic (exact) mass is 316 g/mol. The molecule has 0 aliphatic carbocycles. The Morgan fingerprint density at radius 3 is 2.65 bits per heavy atom. The molecular weight excluding hydrogens is 300 g/mol. The SMILES string of the molecule is COC1=CC2N=C(c3ccc(O)c(O)c3)CC(=O)N2C(OC)=C1. The van der Waals surface area contributed by atoms with Crippen molar-refractivity contribution in [3.05, 3.63) is 47.6 Å². The van der Waals surface area contributed by atoms with Crippen LogP contribution in [0, 0.1) is 0 Å². The fourth-order valence-electron chi connectivity index (χ4n) is 2.55. The number of ether oxygens (including phenoxy) is 2. The maximum absolute atomic E-state index is 12.5. The van der Waals surface area contributed by atoms with Crippen molar-refractivity contribution in [2.45, 2.75) is 12.6 Å². The average Bonchev–Trinajstić information content (AvgIpc) is 2.55. The summed E-state index contributed by atoms with van der Waals surface area (Å²) in [4.78, 5) is 18.5. The molecular formula is C16H16N2O5. The molecule has 0 spiro atoms. The topological polar surface area (TPSA) is 91.6 Å². The second-order valence-corrected chi connectivity index (χ2v) is 5.09. The number of phenols is 2. The first-order valence-corrected chi connectivity index (χ1v) is 6.96. The molecule has 1 atom stereocenters. The van der Waals surface area contributed by atoms with Gasteiger partial charge in [-0.15, -0.1) is 0 Å². The molecule has 7 heteroatoms. The van der Waals surface area contributed by atoms with E-state index in [0.717, 1.165) is 0 Å². The Hall–Kier alpha value is -2.96. The zero-order valence-corrected chi connectivity index (χ0v) is 12.7. The largest absolute Gasteiger partial charge is 0.504 e. The molecule has 1 aromatic carbocycles. The molecule has 23 heavy (non-hydrogen) atoms. The Balaban J connectivity index is 2.02. The van der Waals surface area contributed by atoms with Crippen molar-refractivity contribution in [2.75, 3.05) is 14.2 Å². The predicted octanol–water partition coefficient (Wildman–Crippen LogP) is 1.48. The lowest BCUT2D eigenvalue weighted by atomic mass is 10.0. The van der Waals surface area contributed by atoms with E-state index in [4.69, 9.17) is 9.47 Å². The number of benzene rings is 1. The average molecular weight is 316 g/mol. The van der Waals surface area contributed by atoms with E-state index in [-0.39, 0.29) is 23.8 Å². The van der Waals surface area contributed by atoms with Crippen LogP contribution < -0.4 is 0 Å². The zero-order chi connectivity index (χ0) is 16.6. The summed E-state index contributed by atoms with van der Waals surface area (Å²) in [5, 5.41) is 19.0. The van der Waals surface area contributed by atoms with Gasteiger partial charge in [0.1, 0.15) is 5.76 Å². The molecule has 0 aromatic heterocycles. The van der Waals surface area contributed by atoms with Crippen LogP contribution in [0.4, 0.5) is 0 Å². The van der Waals surface area contributed by atoms with Crippen molar-refractivity contribution in [2.24, 2.45) is 4.99 Å². The van der Waals surface area contributed by atoms with E-state index in [9.17, 15) is 15.0 Å². The summed E-state index contributed by atoms with van der Waals surface area (Å²) in [6, 6.07) is 4.35. The molecule has 2 aliphatic heterocycles. The van der Waals surface area contributed by atoms with Crippen LogP contribution in [-0.2, 0) is 14.3 Å². The molecule has 2 N–H and O–H groups in total. The number of rotatable bonds is 3. The lowest BCUT2D eigenvalue weighted by Gasteiger charge is -2.35. The molecule has 2 aliphatic rings. The van der Waals surface area contributed by atoms with E-state index >= 15 is 0 Å². The molecule has 2 heterocycles.